The molecule has 1 aliphatic heterocycles. The van der Waals surface area contributed by atoms with Crippen LogP contribution in [0.5, 0.6) is 5.75 Å². The maximum atomic E-state index is 9.99. The van der Waals surface area contributed by atoms with Crippen LogP contribution in [-0.4, -0.2) is 49.8 Å². The van der Waals surface area contributed by atoms with Crippen LogP contribution in [0.15, 0.2) is 48.8 Å². The fourth-order valence-corrected chi connectivity index (χ4v) is 3.43. The molecule has 0 bridgehead atoms. The molecule has 0 radical (unpaired) electrons. The van der Waals surface area contributed by atoms with Gasteiger partial charge < -0.3 is 20.1 Å². The second kappa shape index (κ2) is 6.66. The summed E-state index contributed by atoms with van der Waals surface area (Å²) in [6.07, 6.45) is 0.207. The molecule has 1 fully saturated rings. The minimum absolute atomic E-state index is 0.326. The summed E-state index contributed by atoms with van der Waals surface area (Å²) in [6.45, 7) is 0. The number of thioether (sulfide) groups is 1. The van der Waals surface area contributed by atoms with Gasteiger partial charge in [0.25, 0.3) is 0 Å². The van der Waals surface area contributed by atoms with Crippen LogP contribution in [0.1, 0.15) is 0 Å². The van der Waals surface area contributed by atoms with Crippen LogP contribution in [0.2, 0.25) is 0 Å². The zero-order valence-corrected chi connectivity index (χ0v) is 12.6. The minimum atomic E-state index is -1.19. The Morgan fingerprint density at radius 2 is 1.77 bits per heavy atom. The van der Waals surface area contributed by atoms with E-state index >= 15 is 0 Å². The van der Waals surface area contributed by atoms with Crippen LogP contribution < -0.4 is 4.74 Å². The van der Waals surface area contributed by atoms with Crippen molar-refractivity contribution < 1.29 is 20.1 Å². The molecule has 1 aromatic heterocycles. The van der Waals surface area contributed by atoms with Gasteiger partial charge in [-0.15, -0.1) is 11.8 Å². The third-order valence-corrected chi connectivity index (χ3v) is 4.79. The molecule has 0 aliphatic carbocycles. The second-order valence-electron chi connectivity index (χ2n) is 5.13. The molecule has 22 heavy (non-hydrogen) atoms. The van der Waals surface area contributed by atoms with Crippen molar-refractivity contribution in [2.75, 3.05) is 5.75 Å². The monoisotopic (exact) mass is 319 g/mol. The first-order chi connectivity index (χ1) is 10.6. The Bertz CT molecular complexity index is 625. The van der Waals surface area contributed by atoms with Crippen molar-refractivity contribution in [3.8, 4) is 16.9 Å². The predicted molar refractivity (Wildman–Crippen MR) is 84.6 cm³/mol. The van der Waals surface area contributed by atoms with E-state index in [1.54, 1.807) is 18.5 Å². The van der Waals surface area contributed by atoms with Crippen molar-refractivity contribution in [1.82, 2.24) is 4.98 Å². The molecular weight excluding hydrogens is 302 g/mol. The van der Waals surface area contributed by atoms with Gasteiger partial charge in [0.15, 0.2) is 5.44 Å². The molecule has 116 valence electrons. The minimum Gasteiger partial charge on any atom is -0.477 e. The standard InChI is InChI=1S/C16H17NO4S/c18-13-9-22-16(15(20)14(13)19)21-12-3-1-2-11(8-12)10-4-6-17-7-5-10/h1-8,13-16,18-20H,9H2/t13-,14+,15-,16-/m1/s1. The van der Waals surface area contributed by atoms with Gasteiger partial charge in [-0.2, -0.15) is 0 Å². The van der Waals surface area contributed by atoms with E-state index in [4.69, 9.17) is 4.74 Å². The van der Waals surface area contributed by atoms with E-state index in [0.717, 1.165) is 11.1 Å². The van der Waals surface area contributed by atoms with Crippen molar-refractivity contribution in [3.05, 3.63) is 48.8 Å². The molecule has 0 saturated carbocycles. The summed E-state index contributed by atoms with van der Waals surface area (Å²) >= 11 is 1.29. The van der Waals surface area contributed by atoms with Gasteiger partial charge in [0.1, 0.15) is 18.0 Å². The lowest BCUT2D eigenvalue weighted by Crippen LogP contribution is -2.50. The largest absolute Gasteiger partial charge is 0.477 e. The Kier molecular flexibility index (Phi) is 4.63. The van der Waals surface area contributed by atoms with Gasteiger partial charge in [-0.1, -0.05) is 12.1 Å². The third kappa shape index (κ3) is 3.25. The third-order valence-electron chi connectivity index (χ3n) is 3.55. The van der Waals surface area contributed by atoms with Crippen LogP contribution in [0.25, 0.3) is 11.1 Å². The van der Waals surface area contributed by atoms with Crippen LogP contribution in [0.4, 0.5) is 0 Å². The lowest BCUT2D eigenvalue weighted by molar-refractivity contribution is -0.0786. The number of benzene rings is 1. The Hall–Kier alpha value is -1.60. The lowest BCUT2D eigenvalue weighted by atomic mass is 10.1. The molecule has 6 heteroatoms. The maximum Gasteiger partial charge on any atom is 0.173 e. The summed E-state index contributed by atoms with van der Waals surface area (Å²) in [6, 6.07) is 11.3. The molecule has 5 nitrogen and oxygen atoms in total. The van der Waals surface area contributed by atoms with Gasteiger partial charge in [0.05, 0.1) is 6.10 Å². The normalized spacial score (nSPS) is 28.3. The number of aliphatic hydroxyl groups excluding tert-OH is 3. The molecule has 3 rings (SSSR count). The van der Waals surface area contributed by atoms with Crippen molar-refractivity contribution >= 4 is 11.8 Å². The molecule has 4 atom stereocenters. The number of nitrogens with zero attached hydrogens (tertiary/aromatic N) is 1. The van der Waals surface area contributed by atoms with Gasteiger partial charge >= 0.3 is 0 Å². The fourth-order valence-electron chi connectivity index (χ4n) is 2.31. The molecule has 0 amide bonds. The van der Waals surface area contributed by atoms with Crippen LogP contribution in [-0.2, 0) is 0 Å². The molecule has 3 N–H and O–H groups in total. The van der Waals surface area contributed by atoms with E-state index in [2.05, 4.69) is 4.98 Å². The highest BCUT2D eigenvalue weighted by Gasteiger charge is 2.38. The van der Waals surface area contributed by atoms with Crippen molar-refractivity contribution in [2.24, 2.45) is 0 Å². The van der Waals surface area contributed by atoms with E-state index in [0.29, 0.717) is 11.5 Å². The number of ether oxygens (including phenoxy) is 1. The zero-order valence-electron chi connectivity index (χ0n) is 11.7. The van der Waals surface area contributed by atoms with E-state index in [9.17, 15) is 15.3 Å². The highest BCUT2D eigenvalue weighted by Crippen LogP contribution is 2.31. The molecule has 2 aromatic rings. The van der Waals surface area contributed by atoms with Gasteiger partial charge in [-0.25, -0.2) is 0 Å². The number of rotatable bonds is 3. The number of aromatic nitrogens is 1. The summed E-state index contributed by atoms with van der Waals surface area (Å²) in [7, 11) is 0. The fraction of sp³-hybridized carbons (Fsp3) is 0.312. The van der Waals surface area contributed by atoms with E-state index in [-0.39, 0.29) is 0 Å². The average molecular weight is 319 g/mol. The highest BCUT2D eigenvalue weighted by atomic mass is 32.2. The Morgan fingerprint density at radius 3 is 2.55 bits per heavy atom. The quantitative estimate of drug-likeness (QED) is 0.791. The summed E-state index contributed by atoms with van der Waals surface area (Å²) in [5.74, 6) is 0.932. The molecule has 0 spiro atoms. The second-order valence-corrected chi connectivity index (χ2v) is 6.26. The molecule has 1 aliphatic rings. The van der Waals surface area contributed by atoms with Gasteiger partial charge in [0, 0.05) is 18.1 Å². The smallest absolute Gasteiger partial charge is 0.173 e. The first-order valence-corrected chi connectivity index (χ1v) is 8.03. The highest BCUT2D eigenvalue weighted by molar-refractivity contribution is 7.99. The zero-order chi connectivity index (χ0) is 15.5. The Labute approximate surface area is 132 Å². The molecular formula is C16H17NO4S. The van der Waals surface area contributed by atoms with Crippen molar-refractivity contribution in [2.45, 2.75) is 23.7 Å². The molecule has 0 unspecified atom stereocenters. The van der Waals surface area contributed by atoms with E-state index in [1.807, 2.05) is 30.3 Å². The van der Waals surface area contributed by atoms with Crippen LogP contribution >= 0.6 is 11.8 Å². The molecule has 1 saturated heterocycles. The van der Waals surface area contributed by atoms with Crippen molar-refractivity contribution in [3.63, 3.8) is 0 Å². The number of aliphatic hydroxyl groups is 3. The summed E-state index contributed by atoms with van der Waals surface area (Å²) < 4.78 is 5.77. The van der Waals surface area contributed by atoms with Gasteiger partial charge in [-0.05, 0) is 35.4 Å². The SMILES string of the molecule is O[C@@H]1[C@@H](O)[C@H](Oc2cccc(-c3ccncc3)c2)SC[C@H]1O. The lowest BCUT2D eigenvalue weighted by Gasteiger charge is -2.34. The average Bonchev–Trinajstić information content (AvgIpc) is 2.57. The van der Waals surface area contributed by atoms with Crippen LogP contribution in [0, 0.1) is 0 Å². The van der Waals surface area contributed by atoms with Gasteiger partial charge in [-0.3, -0.25) is 4.98 Å². The molecule has 2 heterocycles. The first kappa shape index (κ1) is 15.3. The predicted octanol–water partition coefficient (Wildman–Crippen LogP) is 1.28. The van der Waals surface area contributed by atoms with E-state index in [1.165, 1.54) is 11.8 Å². The van der Waals surface area contributed by atoms with Gasteiger partial charge in [0.2, 0.25) is 0 Å². The maximum absolute atomic E-state index is 9.99. The topological polar surface area (TPSA) is 82.8 Å². The molecule has 1 aromatic carbocycles. The van der Waals surface area contributed by atoms with E-state index < -0.39 is 23.7 Å². The van der Waals surface area contributed by atoms with Crippen LogP contribution in [0.3, 0.4) is 0 Å². The Balaban J connectivity index is 1.76. The first-order valence-electron chi connectivity index (χ1n) is 6.98. The summed E-state index contributed by atoms with van der Waals surface area (Å²) in [5, 5.41) is 29.3. The Morgan fingerprint density at radius 1 is 1.00 bits per heavy atom. The van der Waals surface area contributed by atoms with Crippen molar-refractivity contribution in [1.29, 1.82) is 0 Å². The summed E-state index contributed by atoms with van der Waals surface area (Å²) in [4.78, 5) is 3.99. The summed E-state index contributed by atoms with van der Waals surface area (Å²) in [5.41, 5.74) is 1.40. The number of hydrogen-bond acceptors (Lipinski definition) is 6. The number of pyridine rings is 1. The number of hydrogen-bond donors (Lipinski definition) is 3.